The van der Waals surface area contributed by atoms with E-state index in [0.29, 0.717) is 6.42 Å². The molecule has 0 radical (unpaired) electrons. The van der Waals surface area contributed by atoms with Crippen LogP contribution in [0.15, 0.2) is 18.2 Å². The number of carbonyl (C=O) groups is 1. The second-order valence-electron chi connectivity index (χ2n) is 2.94. The maximum absolute atomic E-state index is 12.8. The van der Waals surface area contributed by atoms with Gasteiger partial charge in [0.25, 0.3) is 0 Å². The van der Waals surface area contributed by atoms with E-state index in [1.165, 1.54) is 12.1 Å². The van der Waals surface area contributed by atoms with Gasteiger partial charge in [0.1, 0.15) is 12.4 Å². The Morgan fingerprint density at radius 3 is 2.87 bits per heavy atom. The maximum atomic E-state index is 12.8. The monoisotopic (exact) mass is 232 g/mol. The molecule has 0 aliphatic heterocycles. The number of hydrogen-bond donors (Lipinski definition) is 1. The molecule has 0 heterocycles. The number of rotatable bonds is 5. The molecule has 0 saturated heterocycles. The summed E-state index contributed by atoms with van der Waals surface area (Å²) in [5.41, 5.74) is 0.812. The molecule has 1 aromatic carbocycles. The lowest BCUT2D eigenvalue weighted by Gasteiger charge is -2.02. The van der Waals surface area contributed by atoms with Gasteiger partial charge in [0.15, 0.2) is 0 Å². The number of ether oxygens (including phenoxy) is 1. The van der Waals surface area contributed by atoms with Crippen molar-refractivity contribution in [2.75, 3.05) is 13.2 Å². The predicted octanol–water partition coefficient (Wildman–Crippen LogP) is 2.12. The fourth-order valence-electron chi connectivity index (χ4n) is 1.04. The van der Waals surface area contributed by atoms with Crippen molar-refractivity contribution in [3.05, 3.63) is 34.6 Å². The molecule has 0 bridgehead atoms. The fraction of sp³-hybridized carbons (Fsp3) is 0.300. The maximum Gasteiger partial charge on any atom is 0.329 e. The van der Waals surface area contributed by atoms with Gasteiger partial charge in [-0.3, -0.25) is 0 Å². The fourth-order valence-corrected chi connectivity index (χ4v) is 1.25. The Labute approximate surface area is 91.4 Å². The Morgan fingerprint density at radius 1 is 1.53 bits per heavy atom. The van der Waals surface area contributed by atoms with Crippen LogP contribution in [0.25, 0.3) is 0 Å². The summed E-state index contributed by atoms with van der Waals surface area (Å²) in [6.45, 7) is -0.0524. The van der Waals surface area contributed by atoms with Crippen LogP contribution >= 0.6 is 11.6 Å². The van der Waals surface area contributed by atoms with E-state index in [2.05, 4.69) is 0 Å². The minimum absolute atomic E-state index is 0.0609. The van der Waals surface area contributed by atoms with E-state index in [1.807, 2.05) is 0 Å². The third-order valence-electron chi connectivity index (χ3n) is 1.74. The summed E-state index contributed by atoms with van der Waals surface area (Å²) in [7, 11) is 0. The van der Waals surface area contributed by atoms with Crippen molar-refractivity contribution in [3.63, 3.8) is 0 Å². The molecule has 1 N–H and O–H groups in total. The van der Waals surface area contributed by atoms with Gasteiger partial charge in [-0.1, -0.05) is 17.7 Å². The zero-order chi connectivity index (χ0) is 11.3. The number of carboxylic acids is 1. The van der Waals surface area contributed by atoms with Gasteiger partial charge >= 0.3 is 5.97 Å². The van der Waals surface area contributed by atoms with Crippen LogP contribution < -0.4 is 0 Å². The molecule has 0 aliphatic carbocycles. The Hall–Kier alpha value is -1.13. The SMILES string of the molecule is O=C(O)COCCc1ccc(F)c(Cl)c1. The Kier molecular flexibility index (Phi) is 4.52. The lowest BCUT2D eigenvalue weighted by atomic mass is 10.1. The highest BCUT2D eigenvalue weighted by Crippen LogP contribution is 2.16. The molecule has 0 aromatic heterocycles. The van der Waals surface area contributed by atoms with Crippen LogP contribution in [0.3, 0.4) is 0 Å². The average Bonchev–Trinajstić information content (AvgIpc) is 2.18. The van der Waals surface area contributed by atoms with Crippen molar-refractivity contribution in [1.29, 1.82) is 0 Å². The van der Waals surface area contributed by atoms with Crippen molar-refractivity contribution < 1.29 is 19.0 Å². The molecule has 82 valence electrons. The van der Waals surface area contributed by atoms with E-state index in [4.69, 9.17) is 21.4 Å². The Balaban J connectivity index is 2.38. The Bertz CT molecular complexity index is 355. The zero-order valence-electron chi connectivity index (χ0n) is 7.87. The quantitative estimate of drug-likeness (QED) is 0.791. The van der Waals surface area contributed by atoms with E-state index in [1.54, 1.807) is 6.07 Å². The highest BCUT2D eigenvalue weighted by Gasteiger charge is 2.01. The minimum Gasteiger partial charge on any atom is -0.480 e. The number of benzene rings is 1. The van der Waals surface area contributed by atoms with Gasteiger partial charge in [-0.05, 0) is 24.1 Å². The highest BCUT2D eigenvalue weighted by molar-refractivity contribution is 6.30. The third-order valence-corrected chi connectivity index (χ3v) is 2.03. The lowest BCUT2D eigenvalue weighted by molar-refractivity contribution is -0.142. The highest BCUT2D eigenvalue weighted by atomic mass is 35.5. The van der Waals surface area contributed by atoms with Crippen molar-refractivity contribution in [3.8, 4) is 0 Å². The average molecular weight is 233 g/mol. The summed E-state index contributed by atoms with van der Waals surface area (Å²) in [4.78, 5) is 10.1. The standard InChI is InChI=1S/C10H10ClFO3/c11-8-5-7(1-2-9(8)12)3-4-15-6-10(13)14/h1-2,5H,3-4,6H2,(H,13,14). The van der Waals surface area contributed by atoms with Crippen LogP contribution in [0, 0.1) is 5.82 Å². The molecule has 3 nitrogen and oxygen atoms in total. The van der Waals surface area contributed by atoms with E-state index in [0.717, 1.165) is 5.56 Å². The number of hydrogen-bond acceptors (Lipinski definition) is 2. The molecule has 0 unspecified atom stereocenters. The smallest absolute Gasteiger partial charge is 0.329 e. The predicted molar refractivity (Wildman–Crippen MR) is 53.6 cm³/mol. The number of carboxylic acid groups (broad SMARTS) is 1. The summed E-state index contributed by atoms with van der Waals surface area (Å²) >= 11 is 5.57. The van der Waals surface area contributed by atoms with E-state index in [-0.39, 0.29) is 18.2 Å². The first kappa shape index (κ1) is 11.9. The molecule has 0 amide bonds. The van der Waals surface area contributed by atoms with Crippen LogP contribution in [0.4, 0.5) is 4.39 Å². The van der Waals surface area contributed by atoms with Crippen LogP contribution in [-0.2, 0) is 16.0 Å². The zero-order valence-corrected chi connectivity index (χ0v) is 8.63. The second kappa shape index (κ2) is 5.68. The normalized spacial score (nSPS) is 10.3. The third kappa shape index (κ3) is 4.27. The summed E-state index contributed by atoms with van der Waals surface area (Å²) in [6.07, 6.45) is 0.507. The molecule has 0 fully saturated rings. The molecule has 0 saturated carbocycles. The molecule has 5 heteroatoms. The van der Waals surface area contributed by atoms with Crippen molar-refractivity contribution in [1.82, 2.24) is 0 Å². The minimum atomic E-state index is -1.01. The number of aliphatic carboxylic acids is 1. The molecule has 1 aromatic rings. The van der Waals surface area contributed by atoms with Crippen LogP contribution in [0.2, 0.25) is 5.02 Å². The van der Waals surface area contributed by atoms with Crippen LogP contribution in [0.5, 0.6) is 0 Å². The van der Waals surface area contributed by atoms with Crippen molar-refractivity contribution >= 4 is 17.6 Å². The van der Waals surface area contributed by atoms with E-state index < -0.39 is 11.8 Å². The first-order valence-electron chi connectivity index (χ1n) is 4.33. The van der Waals surface area contributed by atoms with E-state index in [9.17, 15) is 9.18 Å². The van der Waals surface area contributed by atoms with Gasteiger partial charge in [-0.15, -0.1) is 0 Å². The summed E-state index contributed by atoms with van der Waals surface area (Å²) in [6, 6.07) is 4.36. The molecule has 1 rings (SSSR count). The molecule has 15 heavy (non-hydrogen) atoms. The lowest BCUT2D eigenvalue weighted by Crippen LogP contribution is -2.09. The summed E-state index contributed by atoms with van der Waals surface area (Å²) in [5.74, 6) is -1.47. The van der Waals surface area contributed by atoms with Gasteiger partial charge in [0.05, 0.1) is 11.6 Å². The molecular weight excluding hydrogens is 223 g/mol. The van der Waals surface area contributed by atoms with Gasteiger partial charge in [0, 0.05) is 0 Å². The van der Waals surface area contributed by atoms with Gasteiger partial charge in [-0.2, -0.15) is 0 Å². The molecule has 0 aliphatic rings. The summed E-state index contributed by atoms with van der Waals surface area (Å²) in [5, 5.41) is 8.36. The first-order valence-corrected chi connectivity index (χ1v) is 4.71. The second-order valence-corrected chi connectivity index (χ2v) is 3.35. The first-order chi connectivity index (χ1) is 7.09. The molecular formula is C10H10ClFO3. The molecule has 0 atom stereocenters. The van der Waals surface area contributed by atoms with E-state index >= 15 is 0 Å². The number of halogens is 2. The van der Waals surface area contributed by atoms with Gasteiger partial charge in [-0.25, -0.2) is 9.18 Å². The topological polar surface area (TPSA) is 46.5 Å². The van der Waals surface area contributed by atoms with Gasteiger partial charge < -0.3 is 9.84 Å². The van der Waals surface area contributed by atoms with Crippen molar-refractivity contribution in [2.45, 2.75) is 6.42 Å². The Morgan fingerprint density at radius 2 is 2.27 bits per heavy atom. The van der Waals surface area contributed by atoms with Crippen molar-refractivity contribution in [2.24, 2.45) is 0 Å². The largest absolute Gasteiger partial charge is 0.480 e. The van der Waals surface area contributed by atoms with Crippen LogP contribution in [-0.4, -0.2) is 24.3 Å². The summed E-state index contributed by atoms with van der Waals surface area (Å²) < 4.78 is 17.6. The molecule has 0 spiro atoms. The van der Waals surface area contributed by atoms with Crippen LogP contribution in [0.1, 0.15) is 5.56 Å². The van der Waals surface area contributed by atoms with Gasteiger partial charge in [0.2, 0.25) is 0 Å².